The Morgan fingerprint density at radius 3 is 2.74 bits per heavy atom. The number of hydrogen-bond donors (Lipinski definition) is 2. The zero-order valence-electron chi connectivity index (χ0n) is 10.0. The van der Waals surface area contributed by atoms with Crippen LogP contribution in [0.25, 0.3) is 0 Å². The Bertz CT molecular complexity index is 535. The zero-order chi connectivity index (χ0) is 13.2. The maximum atomic E-state index is 13.3. The first-order chi connectivity index (χ1) is 8.49. The zero-order valence-corrected chi connectivity index (χ0v) is 13.2. The number of nitrogens with one attached hydrogen (secondary N) is 2. The summed E-state index contributed by atoms with van der Waals surface area (Å²) in [6.45, 7) is 1.52. The van der Waals surface area contributed by atoms with Gasteiger partial charge in [0.25, 0.3) is 0 Å². The van der Waals surface area contributed by atoms with Crippen molar-refractivity contribution in [1.82, 2.24) is 10.0 Å². The lowest BCUT2D eigenvalue weighted by molar-refractivity contribution is 0.428. The second kappa shape index (κ2) is 6.99. The molecular weight excluding hydrogens is 359 g/mol. The van der Waals surface area contributed by atoms with E-state index in [2.05, 4.69) is 26.0 Å². The van der Waals surface area contributed by atoms with Crippen molar-refractivity contribution in [3.8, 4) is 0 Å². The predicted molar refractivity (Wildman–Crippen MR) is 77.6 cm³/mol. The molecule has 0 aliphatic carbocycles. The number of sulfonamides is 1. The molecule has 0 bridgehead atoms. The Morgan fingerprint density at radius 1 is 1.42 bits per heavy atom. The summed E-state index contributed by atoms with van der Waals surface area (Å²) in [4.78, 5) is -0.0474. The third kappa shape index (κ3) is 4.39. The van der Waals surface area contributed by atoms with Crippen LogP contribution in [-0.4, -0.2) is 27.5 Å². The molecule has 1 heterocycles. The van der Waals surface area contributed by atoms with Gasteiger partial charge in [-0.3, -0.25) is 0 Å². The molecule has 0 spiro atoms. The van der Waals surface area contributed by atoms with Crippen LogP contribution in [0.5, 0.6) is 0 Å². The van der Waals surface area contributed by atoms with Crippen LogP contribution in [0, 0.1) is 5.82 Å². The van der Waals surface area contributed by atoms with Gasteiger partial charge in [0.15, 0.2) is 0 Å². The summed E-state index contributed by atoms with van der Waals surface area (Å²) >= 11 is 2.99. The van der Waals surface area contributed by atoms with Gasteiger partial charge < -0.3 is 5.32 Å². The minimum atomic E-state index is -3.65. The molecule has 4 nitrogen and oxygen atoms in total. The van der Waals surface area contributed by atoms with E-state index in [9.17, 15) is 12.8 Å². The first-order valence-corrected chi connectivity index (χ1v) is 7.95. The Labute approximate surface area is 126 Å². The third-order valence-corrected chi connectivity index (χ3v) is 4.98. The van der Waals surface area contributed by atoms with Crippen LogP contribution in [0.4, 0.5) is 4.39 Å². The second-order valence-electron chi connectivity index (χ2n) is 4.24. The highest BCUT2D eigenvalue weighted by Crippen LogP contribution is 2.19. The van der Waals surface area contributed by atoms with Gasteiger partial charge >= 0.3 is 0 Å². The molecule has 0 saturated carbocycles. The highest BCUT2D eigenvalue weighted by molar-refractivity contribution is 9.10. The fraction of sp³-hybridized carbons (Fsp3) is 0.455. The lowest BCUT2D eigenvalue weighted by atomic mass is 10.1. The van der Waals surface area contributed by atoms with E-state index in [1.54, 1.807) is 0 Å². The van der Waals surface area contributed by atoms with Crippen molar-refractivity contribution < 1.29 is 12.8 Å². The van der Waals surface area contributed by atoms with Crippen molar-refractivity contribution >= 4 is 38.4 Å². The average molecular weight is 374 g/mol. The van der Waals surface area contributed by atoms with Gasteiger partial charge in [-0.05, 0) is 53.5 Å². The molecular formula is C11H15BrClFN2O2S. The summed E-state index contributed by atoms with van der Waals surface area (Å²) in [5.41, 5.74) is 0. The summed E-state index contributed by atoms with van der Waals surface area (Å²) < 4.78 is 40.3. The first-order valence-electron chi connectivity index (χ1n) is 5.67. The van der Waals surface area contributed by atoms with Crippen LogP contribution in [0.1, 0.15) is 12.8 Å². The van der Waals surface area contributed by atoms with E-state index >= 15 is 0 Å². The second-order valence-corrected chi connectivity index (χ2v) is 6.81. The van der Waals surface area contributed by atoms with Crippen LogP contribution in [-0.2, 0) is 10.0 Å². The van der Waals surface area contributed by atoms with E-state index < -0.39 is 15.8 Å². The SMILES string of the molecule is Cl.O=S(=O)(N[C@@H]1CCCNC1)c1ccc(Br)c(F)c1. The third-order valence-electron chi connectivity index (χ3n) is 2.82. The van der Waals surface area contributed by atoms with Gasteiger partial charge in [0, 0.05) is 12.6 Å². The summed E-state index contributed by atoms with van der Waals surface area (Å²) in [6, 6.07) is 3.66. The fourth-order valence-electron chi connectivity index (χ4n) is 1.88. The molecule has 1 fully saturated rings. The number of piperidine rings is 1. The Kier molecular flexibility index (Phi) is 6.19. The molecule has 1 aliphatic rings. The molecule has 0 radical (unpaired) electrons. The molecule has 8 heteroatoms. The number of rotatable bonds is 3. The van der Waals surface area contributed by atoms with Gasteiger partial charge in [0.05, 0.1) is 9.37 Å². The maximum absolute atomic E-state index is 13.3. The van der Waals surface area contributed by atoms with E-state index in [-0.39, 0.29) is 27.8 Å². The van der Waals surface area contributed by atoms with Crippen LogP contribution in [0.3, 0.4) is 0 Å². The highest BCUT2D eigenvalue weighted by atomic mass is 79.9. The lowest BCUT2D eigenvalue weighted by Crippen LogP contribution is -2.45. The normalized spacial score (nSPS) is 19.8. The molecule has 0 aromatic heterocycles. The van der Waals surface area contributed by atoms with E-state index in [1.165, 1.54) is 12.1 Å². The molecule has 19 heavy (non-hydrogen) atoms. The van der Waals surface area contributed by atoms with E-state index in [1.807, 2.05) is 0 Å². The fourth-order valence-corrected chi connectivity index (χ4v) is 3.41. The van der Waals surface area contributed by atoms with Crippen LogP contribution in [0.2, 0.25) is 0 Å². The van der Waals surface area contributed by atoms with Crippen LogP contribution >= 0.6 is 28.3 Å². The number of benzene rings is 1. The maximum Gasteiger partial charge on any atom is 0.240 e. The van der Waals surface area contributed by atoms with Gasteiger partial charge in [0.1, 0.15) is 5.82 Å². The quantitative estimate of drug-likeness (QED) is 0.852. The summed E-state index contributed by atoms with van der Waals surface area (Å²) in [5.74, 6) is -0.584. The molecule has 0 amide bonds. The lowest BCUT2D eigenvalue weighted by Gasteiger charge is -2.23. The summed E-state index contributed by atoms with van der Waals surface area (Å²) in [6.07, 6.45) is 1.73. The summed E-state index contributed by atoms with van der Waals surface area (Å²) in [5, 5.41) is 3.12. The average Bonchev–Trinajstić information content (AvgIpc) is 2.33. The number of hydrogen-bond acceptors (Lipinski definition) is 3. The molecule has 1 aliphatic heterocycles. The van der Waals surface area contributed by atoms with E-state index in [0.29, 0.717) is 6.54 Å². The molecule has 1 saturated heterocycles. The molecule has 0 unspecified atom stereocenters. The van der Waals surface area contributed by atoms with Crippen LogP contribution < -0.4 is 10.0 Å². The van der Waals surface area contributed by atoms with Crippen LogP contribution in [0.15, 0.2) is 27.6 Å². The smallest absolute Gasteiger partial charge is 0.240 e. The van der Waals surface area contributed by atoms with Crippen molar-refractivity contribution in [1.29, 1.82) is 0 Å². The molecule has 1 aromatic carbocycles. The van der Waals surface area contributed by atoms with Gasteiger partial charge in [-0.15, -0.1) is 12.4 Å². The first kappa shape index (κ1) is 16.8. The molecule has 1 aromatic rings. The monoisotopic (exact) mass is 372 g/mol. The topological polar surface area (TPSA) is 58.2 Å². The number of halogens is 3. The van der Waals surface area contributed by atoms with Gasteiger partial charge in [-0.2, -0.15) is 0 Å². The highest BCUT2D eigenvalue weighted by Gasteiger charge is 2.22. The van der Waals surface area contributed by atoms with Gasteiger partial charge in [-0.25, -0.2) is 17.5 Å². The standard InChI is InChI=1S/C11H14BrFN2O2S.ClH/c12-10-4-3-9(6-11(10)13)18(16,17)15-8-2-1-5-14-7-8;/h3-4,6,8,14-15H,1-2,5,7H2;1H/t8-;/m1./s1. The molecule has 2 N–H and O–H groups in total. The molecule has 2 rings (SSSR count). The van der Waals surface area contributed by atoms with Crippen molar-refractivity contribution in [2.24, 2.45) is 0 Å². The Hall–Kier alpha value is -0.210. The minimum Gasteiger partial charge on any atom is -0.315 e. The van der Waals surface area contributed by atoms with E-state index in [4.69, 9.17) is 0 Å². The van der Waals surface area contributed by atoms with Crippen molar-refractivity contribution in [2.45, 2.75) is 23.8 Å². The van der Waals surface area contributed by atoms with Crippen molar-refractivity contribution in [3.63, 3.8) is 0 Å². The predicted octanol–water partition coefficient (Wildman–Crippen LogP) is 2.04. The Morgan fingerprint density at radius 2 is 2.16 bits per heavy atom. The van der Waals surface area contributed by atoms with Gasteiger partial charge in [-0.1, -0.05) is 0 Å². The Balaban J connectivity index is 0.00000180. The van der Waals surface area contributed by atoms with Crippen molar-refractivity contribution in [2.75, 3.05) is 13.1 Å². The van der Waals surface area contributed by atoms with E-state index in [0.717, 1.165) is 25.5 Å². The van der Waals surface area contributed by atoms with Gasteiger partial charge in [0.2, 0.25) is 10.0 Å². The van der Waals surface area contributed by atoms with Crippen molar-refractivity contribution in [3.05, 3.63) is 28.5 Å². The summed E-state index contributed by atoms with van der Waals surface area (Å²) in [7, 11) is -3.65. The minimum absolute atomic E-state index is 0. The largest absolute Gasteiger partial charge is 0.315 e. The molecule has 1 atom stereocenters. The molecule has 108 valence electrons.